The molecule has 0 saturated carbocycles. The number of nitrogens with one attached hydrogen (secondary N) is 2. The highest BCUT2D eigenvalue weighted by atomic mass is 15.1. The molecule has 0 radical (unpaired) electrons. The molecular formula is C13H17N3. The van der Waals surface area contributed by atoms with Crippen molar-refractivity contribution >= 4 is 11.4 Å². The Morgan fingerprint density at radius 1 is 1.31 bits per heavy atom. The first kappa shape index (κ1) is 9.85. The largest absolute Gasteiger partial charge is 0.359 e. The number of hydrogen-bond acceptors (Lipinski definition) is 3. The van der Waals surface area contributed by atoms with Gasteiger partial charge in [-0.15, -0.1) is 0 Å². The fourth-order valence-electron chi connectivity index (χ4n) is 2.68. The van der Waals surface area contributed by atoms with Crippen molar-refractivity contribution < 1.29 is 0 Å². The molecule has 0 aromatic carbocycles. The van der Waals surface area contributed by atoms with Crippen LogP contribution in [0.15, 0.2) is 18.2 Å². The maximum atomic E-state index is 4.60. The van der Waals surface area contributed by atoms with Crippen molar-refractivity contribution in [1.29, 1.82) is 0 Å². The topological polar surface area (TPSA) is 37.0 Å². The first-order valence-corrected chi connectivity index (χ1v) is 5.85. The maximum absolute atomic E-state index is 4.60. The molecule has 2 N–H and O–H groups in total. The van der Waals surface area contributed by atoms with E-state index in [9.17, 15) is 0 Å². The van der Waals surface area contributed by atoms with Gasteiger partial charge in [-0.05, 0) is 44.5 Å². The Morgan fingerprint density at radius 2 is 2.19 bits per heavy atom. The standard InChI is InChI=1S/C13H17N3/c1-9-7-13(5-6-14-8-13)16-12-11(9)4-3-10(2)15-12/h3-4,7,14H,5-6,8H2,1-2H3,(H,15,16). The van der Waals surface area contributed by atoms with Gasteiger partial charge in [0.15, 0.2) is 0 Å². The Labute approximate surface area is 96.0 Å². The molecule has 0 bridgehead atoms. The van der Waals surface area contributed by atoms with E-state index >= 15 is 0 Å². The molecule has 0 aliphatic carbocycles. The number of aromatic nitrogens is 1. The zero-order valence-corrected chi connectivity index (χ0v) is 9.80. The van der Waals surface area contributed by atoms with Crippen LogP contribution >= 0.6 is 0 Å². The molecule has 3 nitrogen and oxygen atoms in total. The summed E-state index contributed by atoms with van der Waals surface area (Å²) in [5.41, 5.74) is 3.74. The van der Waals surface area contributed by atoms with Gasteiger partial charge in [0.2, 0.25) is 0 Å². The third kappa shape index (κ3) is 1.43. The second-order valence-electron chi connectivity index (χ2n) is 4.88. The van der Waals surface area contributed by atoms with Crippen LogP contribution in [0.1, 0.15) is 24.6 Å². The van der Waals surface area contributed by atoms with E-state index in [-0.39, 0.29) is 5.54 Å². The average molecular weight is 215 g/mol. The van der Waals surface area contributed by atoms with Crippen LogP contribution in [-0.4, -0.2) is 23.6 Å². The van der Waals surface area contributed by atoms with Crippen molar-refractivity contribution in [2.45, 2.75) is 25.8 Å². The summed E-state index contributed by atoms with van der Waals surface area (Å²) >= 11 is 0. The Bertz CT molecular complexity index is 456. The predicted octanol–water partition coefficient (Wildman–Crippen LogP) is 1.95. The van der Waals surface area contributed by atoms with Gasteiger partial charge in [0.05, 0.1) is 5.54 Å². The first-order valence-electron chi connectivity index (χ1n) is 5.85. The molecule has 1 saturated heterocycles. The van der Waals surface area contributed by atoms with Gasteiger partial charge < -0.3 is 10.6 Å². The highest BCUT2D eigenvalue weighted by molar-refractivity contribution is 5.78. The fourth-order valence-corrected chi connectivity index (χ4v) is 2.68. The van der Waals surface area contributed by atoms with Gasteiger partial charge in [0.25, 0.3) is 0 Å². The minimum absolute atomic E-state index is 0.0951. The third-order valence-corrected chi connectivity index (χ3v) is 3.51. The summed E-state index contributed by atoms with van der Waals surface area (Å²) < 4.78 is 0. The summed E-state index contributed by atoms with van der Waals surface area (Å²) in [6.07, 6.45) is 3.49. The lowest BCUT2D eigenvalue weighted by molar-refractivity contribution is 0.627. The van der Waals surface area contributed by atoms with Crippen LogP contribution in [0.2, 0.25) is 0 Å². The second-order valence-corrected chi connectivity index (χ2v) is 4.88. The summed E-state index contributed by atoms with van der Waals surface area (Å²) in [5, 5.41) is 7.01. The zero-order chi connectivity index (χ0) is 11.2. The zero-order valence-electron chi connectivity index (χ0n) is 9.80. The minimum Gasteiger partial charge on any atom is -0.359 e. The molecule has 2 aliphatic rings. The van der Waals surface area contributed by atoms with Crippen LogP contribution in [0.5, 0.6) is 0 Å². The normalized spacial score (nSPS) is 27.5. The average Bonchev–Trinajstić information content (AvgIpc) is 2.65. The molecule has 3 heterocycles. The number of aryl methyl sites for hydroxylation is 1. The van der Waals surface area contributed by atoms with Gasteiger partial charge in [-0.1, -0.05) is 6.08 Å². The quantitative estimate of drug-likeness (QED) is 0.694. The molecule has 3 rings (SSSR count). The molecule has 16 heavy (non-hydrogen) atoms. The van der Waals surface area contributed by atoms with Gasteiger partial charge in [0.1, 0.15) is 5.82 Å². The molecule has 0 amide bonds. The van der Waals surface area contributed by atoms with E-state index in [2.05, 4.69) is 40.8 Å². The van der Waals surface area contributed by atoms with Crippen LogP contribution in [0.4, 0.5) is 5.82 Å². The van der Waals surface area contributed by atoms with Gasteiger partial charge in [-0.3, -0.25) is 0 Å². The van der Waals surface area contributed by atoms with Gasteiger partial charge >= 0.3 is 0 Å². The van der Waals surface area contributed by atoms with Crippen molar-refractivity contribution in [1.82, 2.24) is 10.3 Å². The van der Waals surface area contributed by atoms with Crippen LogP contribution in [-0.2, 0) is 0 Å². The van der Waals surface area contributed by atoms with Crippen LogP contribution in [0.25, 0.3) is 5.57 Å². The van der Waals surface area contributed by atoms with Gasteiger partial charge in [0, 0.05) is 17.8 Å². The van der Waals surface area contributed by atoms with Crippen LogP contribution in [0.3, 0.4) is 0 Å². The molecule has 3 heteroatoms. The van der Waals surface area contributed by atoms with Gasteiger partial charge in [-0.25, -0.2) is 4.98 Å². The van der Waals surface area contributed by atoms with E-state index in [1.165, 1.54) is 11.1 Å². The Hall–Kier alpha value is -1.35. The number of rotatable bonds is 0. The van der Waals surface area contributed by atoms with Crippen LogP contribution in [0, 0.1) is 6.92 Å². The maximum Gasteiger partial charge on any atom is 0.134 e. The summed E-state index contributed by atoms with van der Waals surface area (Å²) in [5.74, 6) is 1.05. The van der Waals surface area contributed by atoms with E-state index in [1.54, 1.807) is 0 Å². The minimum atomic E-state index is 0.0951. The summed E-state index contributed by atoms with van der Waals surface area (Å²) in [6, 6.07) is 4.23. The van der Waals surface area contributed by atoms with Crippen molar-refractivity contribution in [3.05, 3.63) is 29.5 Å². The van der Waals surface area contributed by atoms with E-state index in [0.29, 0.717) is 0 Å². The molecule has 1 aromatic rings. The molecule has 1 aromatic heterocycles. The summed E-state index contributed by atoms with van der Waals surface area (Å²) in [4.78, 5) is 4.60. The highest BCUT2D eigenvalue weighted by Gasteiger charge is 2.35. The summed E-state index contributed by atoms with van der Waals surface area (Å²) in [6.45, 7) is 6.29. The molecule has 1 atom stereocenters. The Balaban J connectivity index is 2.08. The molecule has 1 fully saturated rings. The number of hydrogen-bond donors (Lipinski definition) is 2. The van der Waals surface area contributed by atoms with E-state index < -0.39 is 0 Å². The Kier molecular flexibility index (Phi) is 2.04. The molecule has 2 aliphatic heterocycles. The lowest BCUT2D eigenvalue weighted by Gasteiger charge is -2.33. The van der Waals surface area contributed by atoms with Crippen molar-refractivity contribution in [3.63, 3.8) is 0 Å². The van der Waals surface area contributed by atoms with E-state index in [0.717, 1.165) is 31.0 Å². The monoisotopic (exact) mass is 215 g/mol. The van der Waals surface area contributed by atoms with Crippen LogP contribution < -0.4 is 10.6 Å². The lowest BCUT2D eigenvalue weighted by atomic mass is 9.89. The van der Waals surface area contributed by atoms with E-state index in [4.69, 9.17) is 0 Å². The third-order valence-electron chi connectivity index (χ3n) is 3.51. The first-order chi connectivity index (χ1) is 7.69. The SMILES string of the molecule is CC1=CC2(CCNC2)Nc2nc(C)ccc21. The summed E-state index contributed by atoms with van der Waals surface area (Å²) in [7, 11) is 0. The fraction of sp³-hybridized carbons (Fsp3) is 0.462. The number of pyridine rings is 1. The van der Waals surface area contributed by atoms with Crippen molar-refractivity contribution in [2.75, 3.05) is 18.4 Å². The molecule has 84 valence electrons. The number of allylic oxidation sites excluding steroid dienone is 1. The predicted molar refractivity (Wildman–Crippen MR) is 66.5 cm³/mol. The smallest absolute Gasteiger partial charge is 0.134 e. The van der Waals surface area contributed by atoms with E-state index in [1.807, 2.05) is 6.92 Å². The number of anilines is 1. The highest BCUT2D eigenvalue weighted by Crippen LogP contribution is 2.35. The van der Waals surface area contributed by atoms with Crippen molar-refractivity contribution in [2.24, 2.45) is 0 Å². The Morgan fingerprint density at radius 3 is 2.94 bits per heavy atom. The molecular weight excluding hydrogens is 198 g/mol. The molecule has 1 unspecified atom stereocenters. The number of fused-ring (bicyclic) bond motifs is 1. The van der Waals surface area contributed by atoms with Crippen molar-refractivity contribution in [3.8, 4) is 0 Å². The number of nitrogens with zero attached hydrogens (tertiary/aromatic N) is 1. The molecule has 1 spiro atoms. The second kappa shape index (κ2) is 3.32. The lowest BCUT2D eigenvalue weighted by Crippen LogP contribution is -2.41. The van der Waals surface area contributed by atoms with Gasteiger partial charge in [-0.2, -0.15) is 0 Å².